The maximum absolute atomic E-state index is 8.79. The molecule has 2 rings (SSSR count). The first kappa shape index (κ1) is 10.4. The van der Waals surface area contributed by atoms with Crippen LogP contribution >= 0.6 is 35.7 Å². The van der Waals surface area contributed by atoms with Gasteiger partial charge >= 0.3 is 0 Å². The lowest BCUT2D eigenvalue weighted by Gasteiger charge is -1.96. The SMILES string of the molecule is N#Cc1nccnc1Sc1nnc(S)s1. The second kappa shape index (κ2) is 4.57. The minimum Gasteiger partial charge on any atom is -0.245 e. The van der Waals surface area contributed by atoms with Crippen molar-refractivity contribution in [1.29, 1.82) is 5.26 Å². The van der Waals surface area contributed by atoms with Gasteiger partial charge in [-0.3, -0.25) is 0 Å². The van der Waals surface area contributed by atoms with E-state index < -0.39 is 0 Å². The summed E-state index contributed by atoms with van der Waals surface area (Å²) in [6, 6.07) is 1.97. The topological polar surface area (TPSA) is 75.3 Å². The molecule has 5 nitrogen and oxygen atoms in total. The normalized spacial score (nSPS) is 9.87. The van der Waals surface area contributed by atoms with Crippen molar-refractivity contribution in [2.45, 2.75) is 13.7 Å². The van der Waals surface area contributed by atoms with E-state index in [4.69, 9.17) is 5.26 Å². The molecule has 0 atom stereocenters. The van der Waals surface area contributed by atoms with Crippen molar-refractivity contribution in [2.75, 3.05) is 0 Å². The molecule has 0 fully saturated rings. The van der Waals surface area contributed by atoms with Crippen LogP contribution in [0.15, 0.2) is 26.1 Å². The number of nitrogens with zero attached hydrogens (tertiary/aromatic N) is 5. The minimum atomic E-state index is 0.290. The summed E-state index contributed by atoms with van der Waals surface area (Å²) in [5, 5.41) is 16.9. The molecule has 0 radical (unpaired) electrons. The zero-order chi connectivity index (χ0) is 10.7. The van der Waals surface area contributed by atoms with Crippen molar-refractivity contribution in [1.82, 2.24) is 20.2 Å². The minimum absolute atomic E-state index is 0.290. The molecule has 0 bridgehead atoms. The van der Waals surface area contributed by atoms with Crippen molar-refractivity contribution < 1.29 is 0 Å². The van der Waals surface area contributed by atoms with Crippen LogP contribution in [0.4, 0.5) is 0 Å². The van der Waals surface area contributed by atoms with Gasteiger partial charge in [0, 0.05) is 12.4 Å². The average Bonchev–Trinajstić information content (AvgIpc) is 2.65. The lowest BCUT2D eigenvalue weighted by atomic mass is 10.5. The predicted molar refractivity (Wildman–Crippen MR) is 58.0 cm³/mol. The molecule has 15 heavy (non-hydrogen) atoms. The van der Waals surface area contributed by atoms with Crippen LogP contribution in [-0.4, -0.2) is 20.2 Å². The molecule has 0 aliphatic heterocycles. The molecule has 2 aromatic heterocycles. The fourth-order valence-corrected chi connectivity index (χ4v) is 2.81. The van der Waals surface area contributed by atoms with Gasteiger partial charge in [-0.1, -0.05) is 11.3 Å². The van der Waals surface area contributed by atoms with Crippen LogP contribution in [0.3, 0.4) is 0 Å². The van der Waals surface area contributed by atoms with Gasteiger partial charge in [-0.25, -0.2) is 9.97 Å². The van der Waals surface area contributed by atoms with Gasteiger partial charge in [0.2, 0.25) is 0 Å². The molecule has 0 aromatic carbocycles. The highest BCUT2D eigenvalue weighted by atomic mass is 32.2. The van der Waals surface area contributed by atoms with Gasteiger partial charge in [0.15, 0.2) is 14.4 Å². The van der Waals surface area contributed by atoms with E-state index in [9.17, 15) is 0 Å². The molecule has 0 spiro atoms. The molecule has 2 aromatic rings. The van der Waals surface area contributed by atoms with E-state index >= 15 is 0 Å². The maximum atomic E-state index is 8.79. The Labute approximate surface area is 99.0 Å². The summed E-state index contributed by atoms with van der Waals surface area (Å²) in [4.78, 5) is 7.94. The Bertz CT molecular complexity index is 517. The molecule has 0 N–H and O–H groups in total. The molecule has 2 heterocycles. The van der Waals surface area contributed by atoms with E-state index in [1.165, 1.54) is 35.5 Å². The largest absolute Gasteiger partial charge is 0.245 e. The summed E-state index contributed by atoms with van der Waals surface area (Å²) in [5.74, 6) is 0. The van der Waals surface area contributed by atoms with E-state index in [1.807, 2.05) is 6.07 Å². The highest BCUT2D eigenvalue weighted by molar-refractivity contribution is 8.01. The first-order valence-corrected chi connectivity index (χ1v) is 5.79. The molecule has 0 aliphatic rings. The Morgan fingerprint density at radius 2 is 2.13 bits per heavy atom. The van der Waals surface area contributed by atoms with Gasteiger partial charge < -0.3 is 0 Å². The highest BCUT2D eigenvalue weighted by Gasteiger charge is 2.09. The quantitative estimate of drug-likeness (QED) is 0.820. The third-order valence-electron chi connectivity index (χ3n) is 1.35. The second-order valence-electron chi connectivity index (χ2n) is 2.27. The van der Waals surface area contributed by atoms with E-state index in [-0.39, 0.29) is 0 Å². The van der Waals surface area contributed by atoms with Crippen molar-refractivity contribution in [2.24, 2.45) is 0 Å². The van der Waals surface area contributed by atoms with Crippen LogP contribution < -0.4 is 0 Å². The van der Waals surface area contributed by atoms with Crippen LogP contribution in [0, 0.1) is 11.3 Å². The molecule has 8 heteroatoms. The van der Waals surface area contributed by atoms with E-state index in [1.54, 1.807) is 0 Å². The Kier molecular flexibility index (Phi) is 3.15. The highest BCUT2D eigenvalue weighted by Crippen LogP contribution is 2.30. The number of thiol groups is 1. The van der Waals surface area contributed by atoms with Gasteiger partial charge in [0.05, 0.1) is 0 Å². The van der Waals surface area contributed by atoms with E-state index in [0.717, 1.165) is 0 Å². The van der Waals surface area contributed by atoms with Crippen LogP contribution in [0.5, 0.6) is 0 Å². The van der Waals surface area contributed by atoms with Crippen molar-refractivity contribution in [3.63, 3.8) is 0 Å². The van der Waals surface area contributed by atoms with Gasteiger partial charge in [0.1, 0.15) is 11.1 Å². The van der Waals surface area contributed by atoms with Crippen LogP contribution in [0.25, 0.3) is 0 Å². The zero-order valence-electron chi connectivity index (χ0n) is 7.15. The fourth-order valence-electron chi connectivity index (χ4n) is 0.803. The third-order valence-corrected chi connectivity index (χ3v) is 3.48. The first-order valence-electron chi connectivity index (χ1n) is 3.71. The van der Waals surface area contributed by atoms with E-state index in [2.05, 4.69) is 32.8 Å². The predicted octanol–water partition coefficient (Wildman–Crippen LogP) is 1.64. The maximum Gasteiger partial charge on any atom is 0.181 e. The van der Waals surface area contributed by atoms with Gasteiger partial charge in [0.25, 0.3) is 0 Å². The molecule has 0 amide bonds. The van der Waals surface area contributed by atoms with Gasteiger partial charge in [-0.2, -0.15) is 5.26 Å². The van der Waals surface area contributed by atoms with E-state index in [0.29, 0.717) is 19.4 Å². The van der Waals surface area contributed by atoms with Gasteiger partial charge in [-0.15, -0.1) is 22.8 Å². The zero-order valence-corrected chi connectivity index (χ0v) is 9.68. The molecular formula is C7H3N5S3. The lowest BCUT2D eigenvalue weighted by molar-refractivity contribution is 0.951. The number of rotatable bonds is 2. The van der Waals surface area contributed by atoms with Crippen molar-refractivity contribution in [3.8, 4) is 6.07 Å². The molecule has 0 aliphatic carbocycles. The monoisotopic (exact) mass is 253 g/mol. The number of aromatic nitrogens is 4. The Hall–Kier alpha value is -1.17. The smallest absolute Gasteiger partial charge is 0.181 e. The average molecular weight is 253 g/mol. The standard InChI is InChI=1S/C7H3N5S3/c8-3-4-5(10-2-1-9-4)14-7-12-11-6(13)15-7/h1-2H,(H,11,13). The molecule has 0 unspecified atom stereocenters. The fraction of sp³-hybridized carbons (Fsp3) is 0. The molecule has 74 valence electrons. The Morgan fingerprint density at radius 3 is 2.80 bits per heavy atom. The number of nitriles is 1. The Balaban J connectivity index is 2.28. The summed E-state index contributed by atoms with van der Waals surface area (Å²) in [6.07, 6.45) is 3.01. The van der Waals surface area contributed by atoms with Gasteiger partial charge in [-0.05, 0) is 11.8 Å². The first-order chi connectivity index (χ1) is 7.29. The summed E-state index contributed by atoms with van der Waals surface area (Å²) < 4.78 is 1.27. The summed E-state index contributed by atoms with van der Waals surface area (Å²) in [6.45, 7) is 0. The lowest BCUT2D eigenvalue weighted by Crippen LogP contribution is -1.89. The third kappa shape index (κ3) is 2.44. The summed E-state index contributed by atoms with van der Waals surface area (Å²) in [5.41, 5.74) is 0.290. The molecular weight excluding hydrogens is 250 g/mol. The van der Waals surface area contributed by atoms with Crippen LogP contribution in [0.2, 0.25) is 0 Å². The molecule has 0 saturated heterocycles. The summed E-state index contributed by atoms with van der Waals surface area (Å²) in [7, 11) is 0. The van der Waals surface area contributed by atoms with Crippen molar-refractivity contribution >= 4 is 35.7 Å². The second-order valence-corrected chi connectivity index (χ2v) is 5.21. The van der Waals surface area contributed by atoms with Crippen LogP contribution in [-0.2, 0) is 0 Å². The number of hydrogen-bond donors (Lipinski definition) is 1. The van der Waals surface area contributed by atoms with Crippen molar-refractivity contribution in [3.05, 3.63) is 18.1 Å². The molecule has 0 saturated carbocycles. The summed E-state index contributed by atoms with van der Waals surface area (Å²) >= 11 is 6.64. The Morgan fingerprint density at radius 1 is 1.33 bits per heavy atom. The number of hydrogen-bond acceptors (Lipinski definition) is 8. The van der Waals surface area contributed by atoms with Crippen LogP contribution in [0.1, 0.15) is 5.69 Å².